The average molecular weight is 736 g/mol. The summed E-state index contributed by atoms with van der Waals surface area (Å²) in [6.07, 6.45) is 0. The van der Waals surface area contributed by atoms with Crippen LogP contribution in [0.5, 0.6) is 0 Å². The van der Waals surface area contributed by atoms with Crippen LogP contribution in [-0.2, 0) is 14.8 Å². The van der Waals surface area contributed by atoms with E-state index >= 15 is 0 Å². The van der Waals surface area contributed by atoms with Gasteiger partial charge in [-0.3, -0.25) is 14.2 Å². The lowest BCUT2D eigenvalue weighted by molar-refractivity contribution is -0.113. The average Bonchev–Trinajstić information content (AvgIpc) is 2.78. The molecule has 0 saturated heterocycles. The number of rotatable bonds is 6. The molecule has 0 saturated carbocycles. The number of aromatic nitrogens is 2. The van der Waals surface area contributed by atoms with Gasteiger partial charge >= 0.3 is 0 Å². The fourth-order valence-corrected chi connectivity index (χ4v) is 6.48. The van der Waals surface area contributed by atoms with Gasteiger partial charge in [0.05, 0.1) is 27.2 Å². The number of nitrogens with two attached hydrogens (primary N) is 1. The van der Waals surface area contributed by atoms with E-state index in [-0.39, 0.29) is 21.4 Å². The van der Waals surface area contributed by atoms with Gasteiger partial charge in [0.25, 0.3) is 5.56 Å². The third-order valence-electron chi connectivity index (χ3n) is 4.72. The molecule has 8 nitrogen and oxygen atoms in total. The first-order valence-corrected chi connectivity index (χ1v) is 14.4. The monoisotopic (exact) mass is 736 g/mol. The first-order valence-electron chi connectivity index (χ1n) is 9.76. The molecule has 1 aromatic heterocycles. The zero-order valence-corrected chi connectivity index (χ0v) is 23.5. The van der Waals surface area contributed by atoms with Gasteiger partial charge in [0.2, 0.25) is 15.9 Å². The quantitative estimate of drug-likeness (QED) is 0.175. The van der Waals surface area contributed by atoms with Crippen LogP contribution in [0.25, 0.3) is 16.6 Å². The molecule has 1 heterocycles. The number of halogens is 3. The molecule has 0 spiro atoms. The van der Waals surface area contributed by atoms with Crippen molar-refractivity contribution in [2.24, 2.45) is 5.14 Å². The van der Waals surface area contributed by atoms with Gasteiger partial charge in [-0.05, 0) is 99.8 Å². The first kappa shape index (κ1) is 26.0. The Bertz CT molecular complexity index is 1630. The molecule has 35 heavy (non-hydrogen) atoms. The van der Waals surface area contributed by atoms with Crippen molar-refractivity contribution in [2.75, 3.05) is 11.1 Å². The van der Waals surface area contributed by atoms with E-state index in [1.807, 2.05) is 6.07 Å². The maximum atomic E-state index is 13.5. The number of carbonyl (C=O) groups is 1. The van der Waals surface area contributed by atoms with E-state index in [9.17, 15) is 22.4 Å². The molecule has 4 rings (SSSR count). The standard InChI is InChI=1S/C22H15FI2N4O4S2/c23-12-2-1-3-14(8-12)27-19(30)11-34-22-28-20-17(9-13(24)10-18(20)25)21(31)29(22)15-4-6-16(7-5-15)35(26,32)33/h1-10H,11H2,(H,27,30)(H2,26,32,33). The summed E-state index contributed by atoms with van der Waals surface area (Å²) in [6.45, 7) is 0. The van der Waals surface area contributed by atoms with E-state index in [1.165, 1.54) is 47.0 Å². The molecule has 3 aromatic carbocycles. The van der Waals surface area contributed by atoms with Crippen LogP contribution in [0.2, 0.25) is 0 Å². The van der Waals surface area contributed by atoms with Gasteiger partial charge in [-0.25, -0.2) is 22.9 Å². The summed E-state index contributed by atoms with van der Waals surface area (Å²) in [4.78, 5) is 30.6. The summed E-state index contributed by atoms with van der Waals surface area (Å²) in [5.41, 5.74) is 0.783. The fourth-order valence-electron chi connectivity index (χ4n) is 3.20. The van der Waals surface area contributed by atoms with Crippen molar-refractivity contribution in [1.82, 2.24) is 9.55 Å². The second kappa shape index (κ2) is 10.5. The molecule has 0 aliphatic rings. The minimum atomic E-state index is -3.91. The van der Waals surface area contributed by atoms with Gasteiger partial charge in [0.1, 0.15) is 5.82 Å². The number of fused-ring (bicyclic) bond motifs is 1. The summed E-state index contributed by atoms with van der Waals surface area (Å²) in [5, 5.41) is 8.41. The van der Waals surface area contributed by atoms with E-state index in [0.717, 1.165) is 18.9 Å². The van der Waals surface area contributed by atoms with E-state index in [1.54, 1.807) is 12.1 Å². The van der Waals surface area contributed by atoms with Crippen molar-refractivity contribution in [3.05, 3.63) is 84.0 Å². The van der Waals surface area contributed by atoms with Gasteiger partial charge in [-0.2, -0.15) is 0 Å². The zero-order chi connectivity index (χ0) is 25.3. The number of sulfonamides is 1. The molecular formula is C22H15FI2N4O4S2. The SMILES string of the molecule is NS(=O)(=O)c1ccc(-n2c(SCC(=O)Nc3cccc(F)c3)nc3c(I)cc(I)cc3c2=O)cc1. The molecule has 0 fully saturated rings. The second-order valence-electron chi connectivity index (χ2n) is 7.20. The maximum Gasteiger partial charge on any atom is 0.266 e. The minimum absolute atomic E-state index is 0.101. The molecular weight excluding hydrogens is 721 g/mol. The highest BCUT2D eigenvalue weighted by atomic mass is 127. The number of benzene rings is 3. The lowest BCUT2D eigenvalue weighted by Gasteiger charge is -2.14. The molecule has 3 N–H and O–H groups in total. The summed E-state index contributed by atoms with van der Waals surface area (Å²) in [7, 11) is -3.91. The molecule has 0 radical (unpaired) electrons. The number of carbonyl (C=O) groups excluding carboxylic acids is 1. The van der Waals surface area contributed by atoms with Crippen LogP contribution in [-0.4, -0.2) is 29.6 Å². The molecule has 1 amide bonds. The van der Waals surface area contributed by atoms with Crippen molar-refractivity contribution in [1.29, 1.82) is 0 Å². The molecule has 4 aromatic rings. The number of nitrogens with one attached hydrogen (secondary N) is 1. The van der Waals surface area contributed by atoms with E-state index in [2.05, 4.69) is 55.5 Å². The molecule has 0 atom stereocenters. The van der Waals surface area contributed by atoms with Crippen molar-refractivity contribution in [3.8, 4) is 5.69 Å². The Hall–Kier alpha value is -2.08. The summed E-state index contributed by atoms with van der Waals surface area (Å²) in [6, 6.07) is 14.6. The number of primary sulfonamides is 1. The van der Waals surface area contributed by atoms with Crippen LogP contribution in [0.3, 0.4) is 0 Å². The van der Waals surface area contributed by atoms with E-state index in [4.69, 9.17) is 5.14 Å². The van der Waals surface area contributed by atoms with Crippen molar-refractivity contribution < 1.29 is 17.6 Å². The van der Waals surface area contributed by atoms with Gasteiger partial charge in [-0.1, -0.05) is 17.8 Å². The van der Waals surface area contributed by atoms with E-state index < -0.39 is 21.7 Å². The van der Waals surface area contributed by atoms with Crippen molar-refractivity contribution in [3.63, 3.8) is 0 Å². The number of amides is 1. The normalized spacial score (nSPS) is 11.5. The van der Waals surface area contributed by atoms with Crippen LogP contribution >= 0.6 is 56.9 Å². The zero-order valence-electron chi connectivity index (χ0n) is 17.5. The molecule has 0 aliphatic carbocycles. The Balaban J connectivity index is 1.76. The Kier molecular flexibility index (Phi) is 7.80. The Morgan fingerprint density at radius 1 is 1.11 bits per heavy atom. The van der Waals surface area contributed by atoms with Crippen LogP contribution in [0, 0.1) is 13.0 Å². The van der Waals surface area contributed by atoms with Gasteiger partial charge in [0.15, 0.2) is 5.16 Å². The minimum Gasteiger partial charge on any atom is -0.325 e. The van der Waals surface area contributed by atoms with E-state index in [0.29, 0.717) is 22.3 Å². The van der Waals surface area contributed by atoms with Crippen LogP contribution < -0.4 is 16.0 Å². The van der Waals surface area contributed by atoms with Crippen LogP contribution in [0.4, 0.5) is 10.1 Å². The van der Waals surface area contributed by atoms with Crippen molar-refractivity contribution >= 4 is 89.5 Å². The predicted octanol–water partition coefficient (Wildman–Crippen LogP) is 4.11. The highest BCUT2D eigenvalue weighted by Crippen LogP contribution is 2.26. The highest BCUT2D eigenvalue weighted by molar-refractivity contribution is 14.1. The lowest BCUT2D eigenvalue weighted by Crippen LogP contribution is -2.23. The topological polar surface area (TPSA) is 124 Å². The number of anilines is 1. The predicted molar refractivity (Wildman–Crippen MR) is 150 cm³/mol. The number of nitrogens with zero attached hydrogens (tertiary/aromatic N) is 2. The molecule has 0 unspecified atom stereocenters. The van der Waals surface area contributed by atoms with Crippen LogP contribution in [0.15, 0.2) is 75.5 Å². The van der Waals surface area contributed by atoms with Gasteiger partial charge < -0.3 is 5.32 Å². The smallest absolute Gasteiger partial charge is 0.266 e. The largest absolute Gasteiger partial charge is 0.325 e. The third kappa shape index (κ3) is 6.02. The summed E-state index contributed by atoms with van der Waals surface area (Å²) in [5.74, 6) is -0.999. The Labute approximate surface area is 230 Å². The summed E-state index contributed by atoms with van der Waals surface area (Å²) >= 11 is 5.23. The molecule has 13 heteroatoms. The Morgan fingerprint density at radius 2 is 1.83 bits per heavy atom. The third-order valence-corrected chi connectivity index (χ3v) is 8.04. The fraction of sp³-hybridized carbons (Fsp3) is 0.0455. The second-order valence-corrected chi connectivity index (χ2v) is 12.1. The van der Waals surface area contributed by atoms with Gasteiger partial charge in [0, 0.05) is 12.8 Å². The highest BCUT2D eigenvalue weighted by Gasteiger charge is 2.18. The van der Waals surface area contributed by atoms with Crippen LogP contribution in [0.1, 0.15) is 0 Å². The number of hydrogen-bond acceptors (Lipinski definition) is 6. The maximum absolute atomic E-state index is 13.5. The molecule has 0 aliphatic heterocycles. The molecule has 180 valence electrons. The first-order chi connectivity index (χ1) is 16.5. The van der Waals surface area contributed by atoms with Gasteiger partial charge in [-0.15, -0.1) is 0 Å². The van der Waals surface area contributed by atoms with Crippen molar-refractivity contribution in [2.45, 2.75) is 10.1 Å². The molecule has 0 bridgehead atoms. The summed E-state index contributed by atoms with van der Waals surface area (Å²) < 4.78 is 39.6. The lowest BCUT2D eigenvalue weighted by atomic mass is 10.2. The number of hydrogen-bond donors (Lipinski definition) is 2. The number of thioether (sulfide) groups is 1. The Morgan fingerprint density at radius 3 is 2.49 bits per heavy atom.